The van der Waals surface area contributed by atoms with Gasteiger partial charge in [0.25, 0.3) is 0 Å². The van der Waals surface area contributed by atoms with Gasteiger partial charge in [-0.05, 0) is 83.8 Å². The number of hydrogen-bond acceptors (Lipinski definition) is 6. The van der Waals surface area contributed by atoms with Crippen LogP contribution in [0.3, 0.4) is 0 Å². The van der Waals surface area contributed by atoms with Gasteiger partial charge in [0, 0.05) is 41.3 Å². The number of carbonyl (C=O) groups is 1. The van der Waals surface area contributed by atoms with Gasteiger partial charge in [0.1, 0.15) is 24.7 Å². The summed E-state index contributed by atoms with van der Waals surface area (Å²) in [6, 6.07) is 49.8. The maximum Gasteiger partial charge on any atom is 0.239 e. The van der Waals surface area contributed by atoms with Gasteiger partial charge in [0.2, 0.25) is 10.0 Å². The Morgan fingerprint density at radius 3 is 1.97 bits per heavy atom. The van der Waals surface area contributed by atoms with Crippen molar-refractivity contribution < 1.29 is 22.7 Å². The van der Waals surface area contributed by atoms with Gasteiger partial charge in [-0.2, -0.15) is 0 Å². The number of ketones is 1. The summed E-state index contributed by atoms with van der Waals surface area (Å²) in [5, 5.41) is 1.27. The molecule has 0 unspecified atom stereocenters. The Bertz CT molecular complexity index is 2580. The molecular formula is C50H49N3O5S. The first kappa shape index (κ1) is 39.7. The van der Waals surface area contributed by atoms with Crippen molar-refractivity contribution in [2.75, 3.05) is 24.0 Å². The number of rotatable bonds is 18. The van der Waals surface area contributed by atoms with Crippen LogP contribution < -0.4 is 13.8 Å². The van der Waals surface area contributed by atoms with E-state index in [1.54, 1.807) is 30.3 Å². The molecule has 0 aliphatic heterocycles. The molecule has 7 aromatic rings. The first-order valence-electron chi connectivity index (χ1n) is 20.3. The standard InChI is InChI=1S/C50H49N3O5S/c54-49(35-52(33-38-15-5-1-6-16-38)29-30-57-43-26-27-45-44-23-13-14-24-46(44)51-47(45)32-43)42-25-28-50(58-36-40-19-9-3-10-20-40)48(31-42)53(34-39-17-7-2-8-18-39)59(55,56)37-41-21-11-4-12-22-41/h1-12,15-22,25-28,31-32,51H,13-14,23-24,29-30,33-37H2. The van der Waals surface area contributed by atoms with Crippen LogP contribution in [0.5, 0.6) is 11.5 Å². The molecule has 1 N–H and O–H groups in total. The average Bonchev–Trinajstić information content (AvgIpc) is 3.64. The molecule has 0 saturated carbocycles. The topological polar surface area (TPSA) is 91.9 Å². The third kappa shape index (κ3) is 10.1. The first-order valence-corrected chi connectivity index (χ1v) is 21.9. The summed E-state index contributed by atoms with van der Waals surface area (Å²) in [7, 11) is -3.98. The summed E-state index contributed by atoms with van der Waals surface area (Å²) in [5.41, 5.74) is 8.05. The molecule has 8 rings (SSSR count). The van der Waals surface area contributed by atoms with E-state index < -0.39 is 10.0 Å². The number of ether oxygens (including phenoxy) is 2. The van der Waals surface area contributed by atoms with E-state index in [4.69, 9.17) is 9.47 Å². The number of fused-ring (bicyclic) bond motifs is 3. The zero-order chi connectivity index (χ0) is 40.4. The molecule has 0 fully saturated rings. The van der Waals surface area contributed by atoms with E-state index in [9.17, 15) is 13.2 Å². The highest BCUT2D eigenvalue weighted by Crippen LogP contribution is 2.35. The molecule has 0 amide bonds. The van der Waals surface area contributed by atoms with Gasteiger partial charge in [0.05, 0.1) is 24.5 Å². The normalized spacial score (nSPS) is 12.6. The number of hydrogen-bond donors (Lipinski definition) is 1. The monoisotopic (exact) mass is 803 g/mol. The highest BCUT2D eigenvalue weighted by Gasteiger charge is 2.28. The molecule has 1 aliphatic rings. The Hall–Kier alpha value is -6.16. The lowest BCUT2D eigenvalue weighted by molar-refractivity contribution is 0.0912. The summed E-state index contributed by atoms with van der Waals surface area (Å²) in [6.07, 6.45) is 4.63. The minimum atomic E-state index is -3.98. The molecular weight excluding hydrogens is 755 g/mol. The smallest absolute Gasteiger partial charge is 0.239 e. The highest BCUT2D eigenvalue weighted by molar-refractivity contribution is 7.92. The van der Waals surface area contributed by atoms with E-state index in [0.29, 0.717) is 42.3 Å². The van der Waals surface area contributed by atoms with Gasteiger partial charge >= 0.3 is 0 Å². The molecule has 1 aromatic heterocycles. The predicted octanol–water partition coefficient (Wildman–Crippen LogP) is 9.93. The third-order valence-corrected chi connectivity index (χ3v) is 12.5. The molecule has 0 bridgehead atoms. The minimum absolute atomic E-state index is 0.0592. The van der Waals surface area contributed by atoms with Crippen LogP contribution in [0.4, 0.5) is 5.69 Å². The molecule has 6 aromatic carbocycles. The van der Waals surface area contributed by atoms with Crippen molar-refractivity contribution in [3.63, 3.8) is 0 Å². The van der Waals surface area contributed by atoms with Crippen molar-refractivity contribution in [2.45, 2.75) is 51.1 Å². The zero-order valence-electron chi connectivity index (χ0n) is 33.1. The van der Waals surface area contributed by atoms with Crippen molar-refractivity contribution in [3.05, 3.63) is 197 Å². The lowest BCUT2D eigenvalue weighted by Gasteiger charge is -2.28. The van der Waals surface area contributed by atoms with Gasteiger partial charge in [-0.1, -0.05) is 121 Å². The van der Waals surface area contributed by atoms with E-state index in [2.05, 4.69) is 34.1 Å². The molecule has 8 nitrogen and oxygen atoms in total. The Morgan fingerprint density at radius 2 is 1.27 bits per heavy atom. The number of aryl methyl sites for hydroxylation is 2. The van der Waals surface area contributed by atoms with Crippen molar-refractivity contribution in [1.82, 2.24) is 9.88 Å². The van der Waals surface area contributed by atoms with Crippen LogP contribution in [0, 0.1) is 0 Å². The number of benzene rings is 6. The van der Waals surface area contributed by atoms with Crippen LogP contribution in [0.25, 0.3) is 10.9 Å². The number of nitrogens with one attached hydrogen (secondary N) is 1. The van der Waals surface area contributed by atoms with E-state index in [1.165, 1.54) is 33.8 Å². The van der Waals surface area contributed by atoms with Gasteiger partial charge in [-0.25, -0.2) is 8.42 Å². The maximum atomic E-state index is 14.5. The van der Waals surface area contributed by atoms with Gasteiger partial charge < -0.3 is 14.5 Å². The van der Waals surface area contributed by atoms with E-state index in [1.807, 2.05) is 103 Å². The molecule has 0 saturated heterocycles. The quantitative estimate of drug-likeness (QED) is 0.0869. The van der Waals surface area contributed by atoms with Gasteiger partial charge in [-0.15, -0.1) is 0 Å². The molecule has 1 heterocycles. The maximum absolute atomic E-state index is 14.5. The fourth-order valence-electron chi connectivity index (χ4n) is 7.81. The molecule has 0 atom stereocenters. The number of aromatic amines is 1. The number of Topliss-reactive ketones (excluding diaryl/α,β-unsaturated/α-hetero) is 1. The molecule has 300 valence electrons. The third-order valence-electron chi connectivity index (χ3n) is 10.8. The number of H-pyrrole nitrogens is 1. The number of sulfonamides is 1. The van der Waals surface area contributed by atoms with E-state index in [-0.39, 0.29) is 31.2 Å². The van der Waals surface area contributed by atoms with Crippen LogP contribution in [-0.2, 0) is 48.3 Å². The van der Waals surface area contributed by atoms with Crippen molar-refractivity contribution in [1.29, 1.82) is 0 Å². The highest BCUT2D eigenvalue weighted by atomic mass is 32.2. The van der Waals surface area contributed by atoms with Crippen LogP contribution in [0.15, 0.2) is 158 Å². The molecule has 1 aliphatic carbocycles. The summed E-state index contributed by atoms with van der Waals surface area (Å²) in [6.45, 7) is 1.80. The van der Waals surface area contributed by atoms with Crippen LogP contribution in [0.1, 0.15) is 56.7 Å². The van der Waals surface area contributed by atoms with Crippen LogP contribution >= 0.6 is 0 Å². The molecule has 9 heteroatoms. The predicted molar refractivity (Wildman–Crippen MR) is 235 cm³/mol. The lowest BCUT2D eigenvalue weighted by Crippen LogP contribution is -2.34. The van der Waals surface area contributed by atoms with E-state index in [0.717, 1.165) is 40.8 Å². The second kappa shape index (κ2) is 18.6. The fourth-order valence-corrected chi connectivity index (χ4v) is 9.37. The van der Waals surface area contributed by atoms with Crippen molar-refractivity contribution in [2.24, 2.45) is 0 Å². The fraction of sp³-hybridized carbons (Fsp3) is 0.220. The second-order valence-corrected chi connectivity index (χ2v) is 17.0. The molecule has 0 spiro atoms. The largest absolute Gasteiger partial charge is 0.492 e. The molecule has 0 radical (unpaired) electrons. The summed E-state index contributed by atoms with van der Waals surface area (Å²) in [4.78, 5) is 20.1. The molecule has 59 heavy (non-hydrogen) atoms. The Morgan fingerprint density at radius 1 is 0.644 bits per heavy atom. The number of carbonyl (C=O) groups excluding carboxylic acids is 1. The average molecular weight is 804 g/mol. The first-order chi connectivity index (χ1) is 28.9. The van der Waals surface area contributed by atoms with E-state index >= 15 is 0 Å². The minimum Gasteiger partial charge on any atom is -0.492 e. The van der Waals surface area contributed by atoms with Crippen LogP contribution in [0.2, 0.25) is 0 Å². The summed E-state index contributed by atoms with van der Waals surface area (Å²) >= 11 is 0. The lowest BCUT2D eigenvalue weighted by atomic mass is 9.96. The summed E-state index contributed by atoms with van der Waals surface area (Å²) < 4.78 is 43.1. The van der Waals surface area contributed by atoms with Crippen LogP contribution in [-0.4, -0.2) is 43.8 Å². The number of aromatic nitrogens is 1. The van der Waals surface area contributed by atoms with Gasteiger partial charge in [0.15, 0.2) is 5.78 Å². The number of anilines is 1. The zero-order valence-corrected chi connectivity index (χ0v) is 33.9. The Kier molecular flexibility index (Phi) is 12.5. The van der Waals surface area contributed by atoms with Crippen molar-refractivity contribution >= 4 is 32.4 Å². The Labute approximate surface area is 347 Å². The van der Waals surface area contributed by atoms with Crippen molar-refractivity contribution in [3.8, 4) is 11.5 Å². The van der Waals surface area contributed by atoms with Gasteiger partial charge in [-0.3, -0.25) is 14.0 Å². The summed E-state index contributed by atoms with van der Waals surface area (Å²) in [5.74, 6) is 0.789. The second-order valence-electron chi connectivity index (χ2n) is 15.2. The SMILES string of the molecule is O=C(CN(CCOc1ccc2c3c([nH]c2c1)CCCC3)Cc1ccccc1)c1ccc(OCc2ccccc2)c(N(Cc2ccccc2)S(=O)(=O)Cc2ccccc2)c1. The Balaban J connectivity index is 1.07. The number of nitrogens with zero attached hydrogens (tertiary/aromatic N) is 2.